The molecule has 1 aromatic heterocycles. The molecule has 0 aliphatic heterocycles. The fourth-order valence-corrected chi connectivity index (χ4v) is 1.27. The molecule has 1 heterocycles. The van der Waals surface area contributed by atoms with Crippen molar-refractivity contribution in [3.05, 3.63) is 67.7 Å². The van der Waals surface area contributed by atoms with Crippen LogP contribution in [0.25, 0.3) is 0 Å². The van der Waals surface area contributed by atoms with E-state index in [0.717, 1.165) is 18.0 Å². The molecule has 0 spiro atoms. The quantitative estimate of drug-likeness (QED) is 0.574. The number of nitrogens with one attached hydrogen (secondary N) is 1. The monoisotopic (exact) mass is 227 g/mol. The molecule has 0 radical (unpaired) electrons. The summed E-state index contributed by atoms with van der Waals surface area (Å²) in [5.41, 5.74) is 1.92. The van der Waals surface area contributed by atoms with E-state index in [-0.39, 0.29) is 0 Å². The van der Waals surface area contributed by atoms with Crippen molar-refractivity contribution in [1.29, 1.82) is 0 Å². The molecule has 17 heavy (non-hydrogen) atoms. The second-order valence-electron chi connectivity index (χ2n) is 3.32. The van der Waals surface area contributed by atoms with Crippen molar-refractivity contribution < 1.29 is 0 Å². The molecule has 0 atom stereocenters. The smallest absolute Gasteiger partial charge is 0.0541 e. The van der Waals surface area contributed by atoms with Gasteiger partial charge in [0.25, 0.3) is 0 Å². The minimum atomic E-state index is 0.674. The average molecular weight is 227 g/mol. The van der Waals surface area contributed by atoms with E-state index < -0.39 is 0 Å². The Labute approximate surface area is 102 Å². The van der Waals surface area contributed by atoms with Gasteiger partial charge in [-0.25, -0.2) is 0 Å². The van der Waals surface area contributed by atoms with E-state index in [4.69, 9.17) is 0 Å². The predicted molar refractivity (Wildman–Crippen MR) is 72.9 cm³/mol. The Hall–Kier alpha value is -2.00. The Balaban J connectivity index is 2.42. The molecule has 0 bridgehead atoms. The predicted octanol–water partition coefficient (Wildman–Crippen LogP) is 2.50. The van der Waals surface area contributed by atoms with Gasteiger partial charge in [-0.15, -0.1) is 0 Å². The summed E-state index contributed by atoms with van der Waals surface area (Å²) in [5.74, 6) is 0. The number of allylic oxidation sites excluding steroid dienone is 2. The third-order valence-electron chi connectivity index (χ3n) is 2.02. The van der Waals surface area contributed by atoms with Crippen LogP contribution in [0.3, 0.4) is 0 Å². The number of rotatable bonds is 7. The summed E-state index contributed by atoms with van der Waals surface area (Å²) in [6, 6.07) is 5.86. The Bertz CT molecular complexity index is 405. The van der Waals surface area contributed by atoms with E-state index in [9.17, 15) is 0 Å². The minimum absolute atomic E-state index is 0.674. The van der Waals surface area contributed by atoms with Crippen molar-refractivity contribution in [3.8, 4) is 0 Å². The van der Waals surface area contributed by atoms with Crippen molar-refractivity contribution in [2.75, 3.05) is 6.54 Å². The van der Waals surface area contributed by atoms with Gasteiger partial charge in [0.15, 0.2) is 0 Å². The fourth-order valence-electron chi connectivity index (χ4n) is 1.27. The summed E-state index contributed by atoms with van der Waals surface area (Å²) in [7, 11) is 0. The molecule has 0 amide bonds. The van der Waals surface area contributed by atoms with E-state index in [1.165, 1.54) is 6.20 Å². The molecule has 0 aliphatic rings. The van der Waals surface area contributed by atoms with Gasteiger partial charge < -0.3 is 5.32 Å². The van der Waals surface area contributed by atoms with Crippen LogP contribution in [0.2, 0.25) is 0 Å². The van der Waals surface area contributed by atoms with Crippen LogP contribution in [0.15, 0.2) is 67.0 Å². The summed E-state index contributed by atoms with van der Waals surface area (Å²) in [6.07, 6.45) is 8.79. The van der Waals surface area contributed by atoms with Crippen molar-refractivity contribution in [3.63, 3.8) is 0 Å². The maximum atomic E-state index is 4.23. The highest BCUT2D eigenvalue weighted by Gasteiger charge is 1.95. The van der Waals surface area contributed by atoms with E-state index in [1.807, 2.05) is 30.4 Å². The van der Waals surface area contributed by atoms with Crippen LogP contribution in [0.4, 0.5) is 0 Å². The van der Waals surface area contributed by atoms with E-state index in [0.29, 0.717) is 6.54 Å². The van der Waals surface area contributed by atoms with Crippen LogP contribution in [0, 0.1) is 0 Å². The minimum Gasteiger partial charge on any atom is -0.306 e. The van der Waals surface area contributed by atoms with Crippen LogP contribution in [-0.2, 0) is 6.54 Å². The highest BCUT2D eigenvalue weighted by atomic mass is 14.9. The second-order valence-corrected chi connectivity index (χ2v) is 3.32. The third-order valence-corrected chi connectivity index (χ3v) is 2.02. The summed E-state index contributed by atoms with van der Waals surface area (Å²) >= 11 is 0. The summed E-state index contributed by atoms with van der Waals surface area (Å²) in [6.45, 7) is 8.60. The van der Waals surface area contributed by atoms with Gasteiger partial charge >= 0.3 is 0 Å². The standard InChI is InChI=1S/C14H17N3/c1-3-5-8-13(16-4-2)11-15-12-14-9-6-7-10-17-14/h3-10,15H,1-2,11-12H2/b8-5-,16-13?. The number of hydrogen-bond acceptors (Lipinski definition) is 3. The molecular formula is C14H17N3. The van der Waals surface area contributed by atoms with Crippen molar-refractivity contribution in [1.82, 2.24) is 10.3 Å². The molecule has 0 saturated heterocycles. The molecule has 3 heteroatoms. The third kappa shape index (κ3) is 5.58. The summed E-state index contributed by atoms with van der Waals surface area (Å²) < 4.78 is 0. The van der Waals surface area contributed by atoms with Crippen LogP contribution in [0.5, 0.6) is 0 Å². The number of aromatic nitrogens is 1. The van der Waals surface area contributed by atoms with Gasteiger partial charge in [-0.3, -0.25) is 9.98 Å². The molecule has 1 N–H and O–H groups in total. The maximum absolute atomic E-state index is 4.23. The van der Waals surface area contributed by atoms with E-state index >= 15 is 0 Å². The highest BCUT2D eigenvalue weighted by molar-refractivity contribution is 5.97. The average Bonchev–Trinajstić information content (AvgIpc) is 2.37. The van der Waals surface area contributed by atoms with Gasteiger partial charge in [-0.1, -0.05) is 31.4 Å². The number of nitrogens with zero attached hydrogens (tertiary/aromatic N) is 2. The molecule has 1 rings (SSSR count). The molecule has 0 aromatic carbocycles. The van der Waals surface area contributed by atoms with Gasteiger partial charge in [-0.05, 0) is 18.2 Å². The first-order valence-corrected chi connectivity index (χ1v) is 5.44. The first-order chi connectivity index (χ1) is 8.36. The molecule has 1 aromatic rings. The number of hydrogen-bond donors (Lipinski definition) is 1. The van der Waals surface area contributed by atoms with Crippen LogP contribution < -0.4 is 5.32 Å². The normalized spacial score (nSPS) is 11.6. The fraction of sp³-hybridized carbons (Fsp3) is 0.143. The zero-order chi connectivity index (χ0) is 12.3. The summed E-state index contributed by atoms with van der Waals surface area (Å²) in [4.78, 5) is 8.38. The molecule has 0 fully saturated rings. The molecule has 3 nitrogen and oxygen atoms in total. The Kier molecular flexibility index (Phi) is 6.29. The van der Waals surface area contributed by atoms with Gasteiger partial charge in [0.2, 0.25) is 0 Å². The van der Waals surface area contributed by atoms with Gasteiger partial charge in [0, 0.05) is 25.5 Å². The maximum Gasteiger partial charge on any atom is 0.0541 e. The SMILES string of the molecule is C=C/C=C\C(CNCc1ccccn1)=NC=C. The second kappa shape index (κ2) is 8.19. The first kappa shape index (κ1) is 13.1. The lowest BCUT2D eigenvalue weighted by molar-refractivity contribution is 0.756. The lowest BCUT2D eigenvalue weighted by Gasteiger charge is -2.03. The Morgan fingerprint density at radius 3 is 2.94 bits per heavy atom. The summed E-state index contributed by atoms with van der Waals surface area (Å²) in [5, 5.41) is 3.27. The Morgan fingerprint density at radius 2 is 2.29 bits per heavy atom. The number of pyridine rings is 1. The van der Waals surface area contributed by atoms with Crippen molar-refractivity contribution in [2.24, 2.45) is 4.99 Å². The van der Waals surface area contributed by atoms with Crippen molar-refractivity contribution >= 4 is 5.71 Å². The van der Waals surface area contributed by atoms with Gasteiger partial charge in [-0.2, -0.15) is 0 Å². The topological polar surface area (TPSA) is 37.3 Å². The largest absolute Gasteiger partial charge is 0.306 e. The van der Waals surface area contributed by atoms with Crippen LogP contribution in [0.1, 0.15) is 5.69 Å². The lowest BCUT2D eigenvalue weighted by Crippen LogP contribution is -2.21. The van der Waals surface area contributed by atoms with Gasteiger partial charge in [0.1, 0.15) is 0 Å². The van der Waals surface area contributed by atoms with E-state index in [2.05, 4.69) is 28.5 Å². The van der Waals surface area contributed by atoms with Crippen LogP contribution in [-0.4, -0.2) is 17.2 Å². The molecule has 0 saturated carbocycles. The van der Waals surface area contributed by atoms with E-state index in [1.54, 1.807) is 12.3 Å². The molecule has 0 unspecified atom stereocenters. The van der Waals surface area contributed by atoms with Crippen molar-refractivity contribution in [2.45, 2.75) is 6.54 Å². The number of aliphatic imine (C=N–C) groups is 1. The van der Waals surface area contributed by atoms with Gasteiger partial charge in [0.05, 0.1) is 11.4 Å². The highest BCUT2D eigenvalue weighted by Crippen LogP contribution is 1.92. The first-order valence-electron chi connectivity index (χ1n) is 5.44. The molecular weight excluding hydrogens is 210 g/mol. The van der Waals surface area contributed by atoms with Crippen LogP contribution >= 0.6 is 0 Å². The Morgan fingerprint density at radius 1 is 1.41 bits per heavy atom. The molecule has 0 aliphatic carbocycles. The zero-order valence-corrected chi connectivity index (χ0v) is 9.84. The lowest BCUT2D eigenvalue weighted by atomic mass is 10.3. The molecule has 88 valence electrons. The zero-order valence-electron chi connectivity index (χ0n) is 9.84.